The molecule has 0 saturated carbocycles. The summed E-state index contributed by atoms with van der Waals surface area (Å²) in [7, 11) is 0. The molecule has 6 heteroatoms. The van der Waals surface area contributed by atoms with Crippen LogP contribution >= 0.6 is 0 Å². The summed E-state index contributed by atoms with van der Waals surface area (Å²) in [6.07, 6.45) is 1.69. The zero-order chi connectivity index (χ0) is 13.0. The monoisotopic (exact) mass is 245 g/mol. The molecule has 2 N–H and O–H groups in total. The highest BCUT2D eigenvalue weighted by molar-refractivity contribution is 5.90. The molecule has 0 radical (unpaired) electrons. The Morgan fingerprint density at radius 3 is 2.89 bits per heavy atom. The van der Waals surface area contributed by atoms with E-state index in [1.54, 1.807) is 6.20 Å². The summed E-state index contributed by atoms with van der Waals surface area (Å²) < 4.78 is 0. The maximum Gasteiger partial charge on any atom is 0.291 e. The average molecular weight is 245 g/mol. The van der Waals surface area contributed by atoms with Gasteiger partial charge in [0.2, 0.25) is 5.82 Å². The van der Waals surface area contributed by atoms with Crippen LogP contribution in [0.3, 0.4) is 0 Å². The lowest BCUT2D eigenvalue weighted by molar-refractivity contribution is 0.0940. The Kier molecular flexibility index (Phi) is 3.66. The second kappa shape index (κ2) is 5.39. The van der Waals surface area contributed by atoms with Crippen LogP contribution in [0.2, 0.25) is 0 Å². The number of amides is 1. The molecular weight excluding hydrogens is 230 g/mol. The van der Waals surface area contributed by atoms with Gasteiger partial charge in [-0.3, -0.25) is 14.9 Å². The first-order valence-electron chi connectivity index (χ1n) is 5.77. The van der Waals surface area contributed by atoms with Crippen molar-refractivity contribution in [3.63, 3.8) is 0 Å². The highest BCUT2D eigenvalue weighted by Crippen LogP contribution is 2.07. The van der Waals surface area contributed by atoms with Crippen molar-refractivity contribution in [2.45, 2.75) is 26.3 Å². The number of rotatable bonds is 4. The number of hydrogen-bond acceptors (Lipinski definition) is 4. The number of aromatic amines is 1. The van der Waals surface area contributed by atoms with Crippen LogP contribution in [0.5, 0.6) is 0 Å². The minimum atomic E-state index is -0.302. The zero-order valence-electron chi connectivity index (χ0n) is 10.3. The van der Waals surface area contributed by atoms with Gasteiger partial charge in [0.15, 0.2) is 0 Å². The second-order valence-corrected chi connectivity index (χ2v) is 4.20. The normalized spacial score (nSPS) is 10.6. The van der Waals surface area contributed by atoms with Gasteiger partial charge in [0, 0.05) is 12.1 Å². The van der Waals surface area contributed by atoms with Crippen LogP contribution in [0.15, 0.2) is 24.4 Å². The van der Waals surface area contributed by atoms with Gasteiger partial charge in [0.1, 0.15) is 5.82 Å². The highest BCUT2D eigenvalue weighted by atomic mass is 16.2. The second-order valence-electron chi connectivity index (χ2n) is 4.20. The lowest BCUT2D eigenvalue weighted by Gasteiger charge is -2.01. The van der Waals surface area contributed by atoms with E-state index in [2.05, 4.69) is 25.5 Å². The largest absolute Gasteiger partial charge is 0.344 e. The molecule has 2 aromatic heterocycles. The van der Waals surface area contributed by atoms with Gasteiger partial charge in [-0.05, 0) is 12.1 Å². The van der Waals surface area contributed by atoms with E-state index in [0.29, 0.717) is 12.4 Å². The Hall–Kier alpha value is -2.24. The Morgan fingerprint density at radius 2 is 2.28 bits per heavy atom. The van der Waals surface area contributed by atoms with Crippen molar-refractivity contribution in [1.82, 2.24) is 25.5 Å². The van der Waals surface area contributed by atoms with Crippen LogP contribution in [0.4, 0.5) is 0 Å². The Labute approximate surface area is 105 Å². The van der Waals surface area contributed by atoms with Gasteiger partial charge in [0.05, 0.1) is 12.2 Å². The van der Waals surface area contributed by atoms with Gasteiger partial charge in [-0.2, -0.15) is 0 Å². The lowest BCUT2D eigenvalue weighted by atomic mass is 10.2. The fourth-order valence-corrected chi connectivity index (χ4v) is 1.39. The summed E-state index contributed by atoms with van der Waals surface area (Å²) in [6, 6.07) is 5.55. The molecule has 0 spiro atoms. The predicted molar refractivity (Wildman–Crippen MR) is 65.9 cm³/mol. The Bertz CT molecular complexity index is 520. The van der Waals surface area contributed by atoms with Gasteiger partial charge in [-0.1, -0.05) is 19.9 Å². The predicted octanol–water partition coefficient (Wildman–Crippen LogP) is 1.25. The molecule has 2 aromatic rings. The van der Waals surface area contributed by atoms with Crippen molar-refractivity contribution >= 4 is 5.91 Å². The molecule has 6 nitrogen and oxygen atoms in total. The van der Waals surface area contributed by atoms with Crippen LogP contribution in [-0.4, -0.2) is 26.1 Å². The molecule has 2 heterocycles. The highest BCUT2D eigenvalue weighted by Gasteiger charge is 2.13. The van der Waals surface area contributed by atoms with Crippen LogP contribution < -0.4 is 5.32 Å². The van der Waals surface area contributed by atoms with Crippen LogP contribution in [0.25, 0.3) is 0 Å². The number of carbonyl (C=O) groups excluding carboxylic acids is 1. The van der Waals surface area contributed by atoms with E-state index in [1.807, 2.05) is 32.0 Å². The number of pyridine rings is 1. The molecule has 0 bridgehead atoms. The van der Waals surface area contributed by atoms with Crippen LogP contribution in [0.1, 0.15) is 41.9 Å². The molecule has 0 fully saturated rings. The molecule has 94 valence electrons. The van der Waals surface area contributed by atoms with Crippen LogP contribution in [0, 0.1) is 0 Å². The number of carbonyl (C=O) groups is 1. The molecule has 2 rings (SSSR count). The van der Waals surface area contributed by atoms with Gasteiger partial charge in [0.25, 0.3) is 5.91 Å². The van der Waals surface area contributed by atoms with Crippen molar-refractivity contribution < 1.29 is 4.79 Å². The number of nitrogens with zero attached hydrogens (tertiary/aromatic N) is 3. The van der Waals surface area contributed by atoms with Crippen molar-refractivity contribution in [3.05, 3.63) is 41.7 Å². The SMILES string of the molecule is CC(C)c1nc(C(=O)NCc2ccccn2)n[nH]1. The van der Waals surface area contributed by atoms with E-state index in [0.717, 1.165) is 5.69 Å². The van der Waals surface area contributed by atoms with E-state index in [1.165, 1.54) is 0 Å². The Morgan fingerprint density at radius 1 is 1.44 bits per heavy atom. The summed E-state index contributed by atoms with van der Waals surface area (Å²) >= 11 is 0. The standard InChI is InChI=1S/C12H15N5O/c1-8(2)10-15-11(17-16-10)12(18)14-7-9-5-3-4-6-13-9/h3-6,8H,7H2,1-2H3,(H,14,18)(H,15,16,17). The van der Waals surface area contributed by atoms with Gasteiger partial charge in [-0.25, -0.2) is 4.98 Å². The third-order valence-corrected chi connectivity index (χ3v) is 2.41. The topological polar surface area (TPSA) is 83.6 Å². The fraction of sp³-hybridized carbons (Fsp3) is 0.333. The maximum atomic E-state index is 11.8. The summed E-state index contributed by atoms with van der Waals surface area (Å²) in [6.45, 7) is 4.33. The molecule has 0 saturated heterocycles. The molecule has 0 aliphatic rings. The first kappa shape index (κ1) is 12.2. The van der Waals surface area contributed by atoms with Crippen molar-refractivity contribution in [2.75, 3.05) is 0 Å². The van der Waals surface area contributed by atoms with Crippen molar-refractivity contribution in [3.8, 4) is 0 Å². The Balaban J connectivity index is 1.95. The first-order chi connectivity index (χ1) is 8.66. The molecule has 0 aliphatic carbocycles. The molecule has 0 aromatic carbocycles. The minimum Gasteiger partial charge on any atom is -0.344 e. The number of hydrogen-bond donors (Lipinski definition) is 2. The lowest BCUT2D eigenvalue weighted by Crippen LogP contribution is -2.24. The van der Waals surface area contributed by atoms with E-state index in [4.69, 9.17) is 0 Å². The van der Waals surface area contributed by atoms with Crippen molar-refractivity contribution in [2.24, 2.45) is 0 Å². The molecule has 0 aliphatic heterocycles. The molecule has 0 atom stereocenters. The van der Waals surface area contributed by atoms with Gasteiger partial charge in [-0.15, -0.1) is 5.10 Å². The minimum absolute atomic E-state index is 0.162. The maximum absolute atomic E-state index is 11.8. The van der Waals surface area contributed by atoms with E-state index in [9.17, 15) is 4.79 Å². The van der Waals surface area contributed by atoms with Crippen LogP contribution in [-0.2, 0) is 6.54 Å². The number of H-pyrrole nitrogens is 1. The smallest absolute Gasteiger partial charge is 0.291 e. The first-order valence-corrected chi connectivity index (χ1v) is 5.77. The van der Waals surface area contributed by atoms with E-state index >= 15 is 0 Å². The molecule has 1 amide bonds. The summed E-state index contributed by atoms with van der Waals surface area (Å²) in [5.41, 5.74) is 0.797. The molecule has 0 unspecified atom stereocenters. The van der Waals surface area contributed by atoms with Gasteiger partial charge < -0.3 is 5.32 Å². The summed E-state index contributed by atoms with van der Waals surface area (Å²) in [5, 5.41) is 9.35. The summed E-state index contributed by atoms with van der Waals surface area (Å²) in [5.74, 6) is 0.784. The van der Waals surface area contributed by atoms with Gasteiger partial charge >= 0.3 is 0 Å². The third-order valence-electron chi connectivity index (χ3n) is 2.41. The third kappa shape index (κ3) is 2.91. The molecular formula is C12H15N5O. The molecule has 18 heavy (non-hydrogen) atoms. The van der Waals surface area contributed by atoms with Crippen molar-refractivity contribution in [1.29, 1.82) is 0 Å². The number of aromatic nitrogens is 4. The average Bonchev–Trinajstić information content (AvgIpc) is 2.87. The van der Waals surface area contributed by atoms with E-state index < -0.39 is 0 Å². The number of nitrogens with one attached hydrogen (secondary N) is 2. The van der Waals surface area contributed by atoms with E-state index in [-0.39, 0.29) is 17.6 Å². The zero-order valence-corrected chi connectivity index (χ0v) is 10.3. The fourth-order valence-electron chi connectivity index (χ4n) is 1.39. The summed E-state index contributed by atoms with van der Waals surface area (Å²) in [4.78, 5) is 20.0. The quantitative estimate of drug-likeness (QED) is 0.849.